The van der Waals surface area contributed by atoms with Crippen molar-refractivity contribution in [3.05, 3.63) is 82.6 Å². The Hall–Kier alpha value is -3.01. The van der Waals surface area contributed by atoms with E-state index in [4.69, 9.17) is 5.14 Å². The van der Waals surface area contributed by atoms with Gasteiger partial charge in [-0.05, 0) is 73.7 Å². The molecule has 1 aliphatic rings. The highest BCUT2D eigenvalue weighted by molar-refractivity contribution is 9.10. The molecule has 4 rings (SSSR count). The van der Waals surface area contributed by atoms with Crippen LogP contribution in [0.3, 0.4) is 0 Å². The monoisotopic (exact) mass is 484 g/mol. The van der Waals surface area contributed by atoms with E-state index in [2.05, 4.69) is 21.0 Å². The Kier molecular flexibility index (Phi) is 5.19. The highest BCUT2D eigenvalue weighted by Gasteiger charge is 2.29. The molecule has 0 unspecified atom stereocenters. The first-order valence-corrected chi connectivity index (χ1v) is 11.3. The number of hydrogen-bond acceptors (Lipinski definition) is 4. The third kappa shape index (κ3) is 3.87. The number of nitrogens with two attached hydrogens (primary N) is 1. The van der Waals surface area contributed by atoms with Gasteiger partial charge < -0.3 is 4.57 Å². The molecular weight excluding hydrogens is 468 g/mol. The lowest BCUT2D eigenvalue weighted by Gasteiger charge is -2.12. The fourth-order valence-corrected chi connectivity index (χ4v) is 3.91. The van der Waals surface area contributed by atoms with Gasteiger partial charge in [-0.1, -0.05) is 15.9 Å². The molecule has 7 nitrogen and oxygen atoms in total. The second kappa shape index (κ2) is 7.67. The normalized spacial score (nSPS) is 15.7. The molecule has 2 aromatic carbocycles. The van der Waals surface area contributed by atoms with E-state index in [0.29, 0.717) is 17.0 Å². The number of hydrazone groups is 1. The molecule has 0 bridgehead atoms. The van der Waals surface area contributed by atoms with Crippen molar-refractivity contribution in [1.29, 1.82) is 0 Å². The third-order valence-corrected chi connectivity index (χ3v) is 6.11. The smallest absolute Gasteiger partial charge is 0.280 e. The number of aromatic nitrogens is 1. The molecule has 0 spiro atoms. The number of sulfonamides is 1. The second-order valence-electron chi connectivity index (χ2n) is 6.68. The summed E-state index contributed by atoms with van der Waals surface area (Å²) in [6.45, 7) is 1.79. The maximum atomic E-state index is 13.0. The zero-order chi connectivity index (χ0) is 21.5. The van der Waals surface area contributed by atoms with Crippen LogP contribution in [0.1, 0.15) is 12.6 Å². The quantitative estimate of drug-likeness (QED) is 0.571. The van der Waals surface area contributed by atoms with Crippen molar-refractivity contribution in [1.82, 2.24) is 4.57 Å². The van der Waals surface area contributed by atoms with Crippen LogP contribution in [0.5, 0.6) is 0 Å². The molecule has 1 aromatic heterocycles. The average Bonchev–Trinajstić information content (AvgIpc) is 3.28. The Bertz CT molecular complexity index is 1290. The van der Waals surface area contributed by atoms with Crippen LogP contribution in [0, 0.1) is 0 Å². The number of benzene rings is 2. The molecule has 0 aliphatic carbocycles. The lowest BCUT2D eigenvalue weighted by Crippen LogP contribution is -2.21. The first-order chi connectivity index (χ1) is 14.2. The van der Waals surface area contributed by atoms with Gasteiger partial charge in [-0.25, -0.2) is 13.6 Å². The highest BCUT2D eigenvalue weighted by Crippen LogP contribution is 2.27. The predicted molar refractivity (Wildman–Crippen MR) is 120 cm³/mol. The maximum Gasteiger partial charge on any atom is 0.280 e. The number of hydrogen-bond donors (Lipinski definition) is 1. The minimum Gasteiger partial charge on any atom is -0.317 e. The fraction of sp³-hybridized carbons (Fsp3) is 0.0476. The number of amides is 1. The van der Waals surface area contributed by atoms with Gasteiger partial charge in [0.15, 0.2) is 0 Å². The molecule has 0 saturated heterocycles. The van der Waals surface area contributed by atoms with E-state index in [9.17, 15) is 13.2 Å². The van der Waals surface area contributed by atoms with E-state index in [0.717, 1.165) is 15.9 Å². The van der Waals surface area contributed by atoms with Crippen LogP contribution in [-0.4, -0.2) is 24.6 Å². The number of anilines is 1. The molecule has 152 valence electrons. The van der Waals surface area contributed by atoms with Crippen LogP contribution < -0.4 is 10.1 Å². The minimum atomic E-state index is -3.76. The first kappa shape index (κ1) is 20.3. The molecule has 1 aliphatic heterocycles. The van der Waals surface area contributed by atoms with E-state index < -0.39 is 10.0 Å². The molecule has 2 heterocycles. The molecule has 30 heavy (non-hydrogen) atoms. The topological polar surface area (TPSA) is 97.8 Å². The van der Waals surface area contributed by atoms with Gasteiger partial charge in [0.2, 0.25) is 10.0 Å². The Balaban J connectivity index is 1.67. The zero-order valence-corrected chi connectivity index (χ0v) is 18.3. The van der Waals surface area contributed by atoms with Crippen molar-refractivity contribution in [2.45, 2.75) is 11.8 Å². The number of rotatable bonds is 4. The average molecular weight is 485 g/mol. The fourth-order valence-electron chi connectivity index (χ4n) is 3.13. The summed E-state index contributed by atoms with van der Waals surface area (Å²) in [5.74, 6) is -0.216. The van der Waals surface area contributed by atoms with Crippen molar-refractivity contribution in [2.24, 2.45) is 10.2 Å². The van der Waals surface area contributed by atoms with E-state index in [1.165, 1.54) is 17.1 Å². The number of carbonyl (C=O) groups is 1. The van der Waals surface area contributed by atoms with Crippen LogP contribution >= 0.6 is 15.9 Å². The van der Waals surface area contributed by atoms with Gasteiger partial charge in [0, 0.05) is 22.1 Å². The van der Waals surface area contributed by atoms with Crippen LogP contribution in [0.25, 0.3) is 11.8 Å². The Labute approximate surface area is 182 Å². The molecule has 0 atom stereocenters. The third-order valence-electron chi connectivity index (χ3n) is 4.65. The zero-order valence-electron chi connectivity index (χ0n) is 15.9. The van der Waals surface area contributed by atoms with E-state index in [1.54, 1.807) is 25.1 Å². The van der Waals surface area contributed by atoms with Crippen LogP contribution in [-0.2, 0) is 14.8 Å². The minimum absolute atomic E-state index is 0.0393. The molecule has 2 N–H and O–H groups in total. The second-order valence-corrected chi connectivity index (χ2v) is 9.16. The summed E-state index contributed by atoms with van der Waals surface area (Å²) in [5.41, 5.74) is 3.28. The van der Waals surface area contributed by atoms with Crippen molar-refractivity contribution in [3.8, 4) is 5.69 Å². The molecule has 0 fully saturated rings. The van der Waals surface area contributed by atoms with Crippen molar-refractivity contribution in [2.75, 3.05) is 5.01 Å². The highest BCUT2D eigenvalue weighted by atomic mass is 79.9. The molecule has 1 amide bonds. The summed E-state index contributed by atoms with van der Waals surface area (Å²) >= 11 is 3.38. The lowest BCUT2D eigenvalue weighted by atomic mass is 10.1. The van der Waals surface area contributed by atoms with Gasteiger partial charge in [-0.15, -0.1) is 0 Å². The van der Waals surface area contributed by atoms with Crippen molar-refractivity contribution >= 4 is 49.3 Å². The van der Waals surface area contributed by atoms with Crippen molar-refractivity contribution in [3.63, 3.8) is 0 Å². The number of nitrogens with zero attached hydrogens (tertiary/aromatic N) is 3. The van der Waals surface area contributed by atoms with E-state index >= 15 is 0 Å². The maximum absolute atomic E-state index is 13.0. The number of carbonyl (C=O) groups excluding carboxylic acids is 1. The largest absolute Gasteiger partial charge is 0.317 e. The standard InChI is InChI=1S/C21H17BrN4O3S/c1-14-20(21(27)26(24-14)17-6-4-15(22)5-7-17)13-18-3-2-12-25(18)16-8-10-19(11-9-16)30(23,28)29/h2-13H,1H3,(H2,23,28,29)/b20-13-. The van der Waals surface area contributed by atoms with Gasteiger partial charge in [0.25, 0.3) is 5.91 Å². The van der Waals surface area contributed by atoms with Gasteiger partial charge in [0.1, 0.15) is 0 Å². The Morgan fingerprint density at radius 1 is 1.00 bits per heavy atom. The number of halogens is 1. The summed E-state index contributed by atoms with van der Waals surface area (Å²) in [6, 6.07) is 17.3. The Morgan fingerprint density at radius 2 is 1.63 bits per heavy atom. The molecule has 9 heteroatoms. The van der Waals surface area contributed by atoms with Gasteiger partial charge >= 0.3 is 0 Å². The lowest BCUT2D eigenvalue weighted by molar-refractivity contribution is -0.114. The van der Waals surface area contributed by atoms with Crippen molar-refractivity contribution < 1.29 is 13.2 Å². The summed E-state index contributed by atoms with van der Waals surface area (Å²) in [4.78, 5) is 13.0. The first-order valence-electron chi connectivity index (χ1n) is 8.92. The summed E-state index contributed by atoms with van der Waals surface area (Å²) in [7, 11) is -3.76. The number of primary sulfonamides is 1. The van der Waals surface area contributed by atoms with Gasteiger partial charge in [-0.2, -0.15) is 10.1 Å². The van der Waals surface area contributed by atoms with Crippen LogP contribution in [0.15, 0.2) is 86.9 Å². The molecule has 0 saturated carbocycles. The Morgan fingerprint density at radius 3 is 2.27 bits per heavy atom. The van der Waals surface area contributed by atoms with Crippen LogP contribution in [0.4, 0.5) is 5.69 Å². The molecule has 3 aromatic rings. The van der Waals surface area contributed by atoms with E-state index in [1.807, 2.05) is 47.2 Å². The van der Waals surface area contributed by atoms with Gasteiger partial charge in [0.05, 0.1) is 21.9 Å². The summed E-state index contributed by atoms with van der Waals surface area (Å²) in [5, 5.41) is 10.9. The molecular formula is C21H17BrN4O3S. The van der Waals surface area contributed by atoms with E-state index in [-0.39, 0.29) is 10.8 Å². The summed E-state index contributed by atoms with van der Waals surface area (Å²) < 4.78 is 25.7. The van der Waals surface area contributed by atoms with Crippen LogP contribution in [0.2, 0.25) is 0 Å². The molecule has 0 radical (unpaired) electrons. The predicted octanol–water partition coefficient (Wildman–Crippen LogP) is 3.69. The summed E-state index contributed by atoms with van der Waals surface area (Å²) in [6.07, 6.45) is 3.60. The SMILES string of the molecule is CC1=NN(c2ccc(Br)cc2)C(=O)/C1=C\c1cccn1-c1ccc(S(N)(=O)=O)cc1. The van der Waals surface area contributed by atoms with Gasteiger partial charge in [-0.3, -0.25) is 4.79 Å².